The minimum Gasteiger partial charge on any atom is -0.438 e. The monoisotopic (exact) mass is 455 g/mol. The first kappa shape index (κ1) is 21.2. The number of halogens is 1. The molecule has 1 aliphatic rings. The number of benzene rings is 1. The number of amides is 1. The van der Waals surface area contributed by atoms with Gasteiger partial charge in [0.2, 0.25) is 5.88 Å². The SMILES string of the molecule is CCCN1C(=O)/C(=C\c2c(Oc3ccc(F)cc3)nc3c(C)cccn3c2=O)SC1=S. The van der Waals surface area contributed by atoms with Crippen LogP contribution in [-0.4, -0.2) is 31.1 Å². The maximum atomic E-state index is 13.3. The molecular formula is C22H18FN3O3S2. The number of rotatable bonds is 5. The molecule has 1 amide bonds. The van der Waals surface area contributed by atoms with Gasteiger partial charge in [-0.15, -0.1) is 0 Å². The van der Waals surface area contributed by atoms with Gasteiger partial charge in [-0.05, 0) is 55.3 Å². The Bertz CT molecular complexity index is 1290. The van der Waals surface area contributed by atoms with E-state index in [4.69, 9.17) is 17.0 Å². The van der Waals surface area contributed by atoms with E-state index in [-0.39, 0.29) is 22.9 Å². The van der Waals surface area contributed by atoms with Crippen molar-refractivity contribution in [1.82, 2.24) is 14.3 Å². The highest BCUT2D eigenvalue weighted by Gasteiger charge is 2.32. The Morgan fingerprint density at radius 3 is 2.68 bits per heavy atom. The van der Waals surface area contributed by atoms with E-state index in [2.05, 4.69) is 4.98 Å². The van der Waals surface area contributed by atoms with Gasteiger partial charge < -0.3 is 4.74 Å². The minimum absolute atomic E-state index is 0.0340. The summed E-state index contributed by atoms with van der Waals surface area (Å²) in [5, 5.41) is 0. The Hall–Kier alpha value is -3.04. The number of fused-ring (bicyclic) bond motifs is 1. The summed E-state index contributed by atoms with van der Waals surface area (Å²) < 4.78 is 21.0. The molecule has 0 unspecified atom stereocenters. The normalized spacial score (nSPS) is 15.3. The van der Waals surface area contributed by atoms with Crippen LogP contribution in [0.2, 0.25) is 0 Å². The van der Waals surface area contributed by atoms with Crippen molar-refractivity contribution in [3.05, 3.63) is 74.8 Å². The maximum Gasteiger partial charge on any atom is 0.269 e. The molecular weight excluding hydrogens is 437 g/mol. The van der Waals surface area contributed by atoms with Crippen LogP contribution in [-0.2, 0) is 4.79 Å². The summed E-state index contributed by atoms with van der Waals surface area (Å²) in [6.07, 6.45) is 3.84. The zero-order valence-corrected chi connectivity index (χ0v) is 18.4. The summed E-state index contributed by atoms with van der Waals surface area (Å²) >= 11 is 6.45. The van der Waals surface area contributed by atoms with Gasteiger partial charge in [0.25, 0.3) is 11.5 Å². The van der Waals surface area contributed by atoms with Gasteiger partial charge >= 0.3 is 0 Å². The molecule has 0 N–H and O–H groups in total. The van der Waals surface area contributed by atoms with Crippen molar-refractivity contribution >= 4 is 45.9 Å². The predicted molar refractivity (Wildman–Crippen MR) is 123 cm³/mol. The number of thioether (sulfide) groups is 1. The zero-order valence-electron chi connectivity index (χ0n) is 16.8. The molecule has 158 valence electrons. The fraction of sp³-hybridized carbons (Fsp3) is 0.182. The van der Waals surface area contributed by atoms with Crippen LogP contribution in [0.15, 0.2) is 52.3 Å². The van der Waals surface area contributed by atoms with E-state index in [1.54, 1.807) is 12.3 Å². The van der Waals surface area contributed by atoms with Crippen LogP contribution in [0.3, 0.4) is 0 Å². The van der Waals surface area contributed by atoms with Gasteiger partial charge in [0.1, 0.15) is 27.1 Å². The first-order valence-electron chi connectivity index (χ1n) is 9.60. The number of carbonyl (C=O) groups excluding carboxylic acids is 1. The molecule has 0 radical (unpaired) electrons. The van der Waals surface area contributed by atoms with E-state index in [1.807, 2.05) is 19.9 Å². The minimum atomic E-state index is -0.408. The topological polar surface area (TPSA) is 63.9 Å². The van der Waals surface area contributed by atoms with Crippen LogP contribution in [0, 0.1) is 12.7 Å². The van der Waals surface area contributed by atoms with Crippen LogP contribution in [0.25, 0.3) is 11.7 Å². The van der Waals surface area contributed by atoms with Crippen LogP contribution in [0.4, 0.5) is 4.39 Å². The number of pyridine rings is 1. The van der Waals surface area contributed by atoms with Gasteiger partial charge in [-0.25, -0.2) is 4.39 Å². The quantitative estimate of drug-likeness (QED) is 0.416. The number of aryl methyl sites for hydroxylation is 1. The lowest BCUT2D eigenvalue weighted by Crippen LogP contribution is -2.28. The molecule has 0 aliphatic carbocycles. The molecule has 6 nitrogen and oxygen atoms in total. The number of carbonyl (C=O) groups is 1. The Morgan fingerprint density at radius 2 is 1.97 bits per heavy atom. The largest absolute Gasteiger partial charge is 0.438 e. The third-order valence-electron chi connectivity index (χ3n) is 4.67. The van der Waals surface area contributed by atoms with Crippen molar-refractivity contribution in [3.63, 3.8) is 0 Å². The molecule has 0 atom stereocenters. The second-order valence-corrected chi connectivity index (χ2v) is 8.59. The van der Waals surface area contributed by atoms with Crippen LogP contribution in [0.5, 0.6) is 11.6 Å². The second kappa shape index (κ2) is 8.60. The average Bonchev–Trinajstić information content (AvgIpc) is 3.01. The van der Waals surface area contributed by atoms with Crippen molar-refractivity contribution in [2.24, 2.45) is 0 Å². The molecule has 2 aromatic heterocycles. The molecule has 3 heterocycles. The number of aromatic nitrogens is 2. The van der Waals surface area contributed by atoms with Crippen LogP contribution in [0.1, 0.15) is 24.5 Å². The van der Waals surface area contributed by atoms with Crippen molar-refractivity contribution in [3.8, 4) is 11.6 Å². The zero-order chi connectivity index (χ0) is 22.1. The first-order chi connectivity index (χ1) is 14.9. The highest BCUT2D eigenvalue weighted by atomic mass is 32.2. The Labute approximate surface area is 187 Å². The molecule has 0 spiro atoms. The number of hydrogen-bond donors (Lipinski definition) is 0. The standard InChI is InChI=1S/C22H18FN3O3S2/c1-3-10-26-21(28)17(31-22(26)30)12-16-19(29-15-8-6-14(23)7-9-15)24-18-13(2)5-4-11-25(18)20(16)27/h4-9,11-12H,3,10H2,1-2H3/b17-12+. The van der Waals surface area contributed by atoms with Gasteiger partial charge in [0.05, 0.1) is 4.91 Å². The van der Waals surface area contributed by atoms with Gasteiger partial charge in [0.15, 0.2) is 0 Å². The highest BCUT2D eigenvalue weighted by molar-refractivity contribution is 8.26. The van der Waals surface area contributed by atoms with E-state index < -0.39 is 5.82 Å². The number of nitrogens with zero attached hydrogens (tertiary/aromatic N) is 3. The van der Waals surface area contributed by atoms with E-state index >= 15 is 0 Å². The Morgan fingerprint density at radius 1 is 1.23 bits per heavy atom. The summed E-state index contributed by atoms with van der Waals surface area (Å²) in [6, 6.07) is 8.98. The summed E-state index contributed by atoms with van der Waals surface area (Å²) in [5.74, 6) is -0.307. The Balaban J connectivity index is 1.87. The van der Waals surface area contributed by atoms with Crippen LogP contribution >= 0.6 is 24.0 Å². The summed E-state index contributed by atoms with van der Waals surface area (Å²) in [6.45, 7) is 4.30. The van der Waals surface area contributed by atoms with Crippen molar-refractivity contribution in [2.75, 3.05) is 6.54 Å². The van der Waals surface area contributed by atoms with E-state index in [0.717, 1.165) is 23.7 Å². The lowest BCUT2D eigenvalue weighted by atomic mass is 10.2. The molecule has 1 fully saturated rings. The van der Waals surface area contributed by atoms with Gasteiger partial charge in [-0.1, -0.05) is 37.0 Å². The molecule has 4 rings (SSSR count). The number of ether oxygens (including phenoxy) is 1. The first-order valence-corrected chi connectivity index (χ1v) is 10.8. The van der Waals surface area contributed by atoms with Crippen molar-refractivity contribution < 1.29 is 13.9 Å². The van der Waals surface area contributed by atoms with Gasteiger partial charge in [-0.2, -0.15) is 4.98 Å². The summed E-state index contributed by atoms with van der Waals surface area (Å²) in [7, 11) is 0. The molecule has 1 saturated heterocycles. The van der Waals surface area contributed by atoms with Crippen molar-refractivity contribution in [2.45, 2.75) is 20.3 Å². The van der Waals surface area contributed by atoms with Gasteiger partial charge in [0, 0.05) is 12.7 Å². The predicted octanol–water partition coefficient (Wildman–Crippen LogP) is 4.55. The molecule has 0 bridgehead atoms. The summed E-state index contributed by atoms with van der Waals surface area (Å²) in [4.78, 5) is 32.5. The summed E-state index contributed by atoms with van der Waals surface area (Å²) in [5.41, 5.74) is 0.945. The van der Waals surface area contributed by atoms with E-state index in [1.165, 1.54) is 39.6 Å². The molecule has 9 heteroatoms. The lowest BCUT2D eigenvalue weighted by molar-refractivity contribution is -0.122. The molecule has 0 saturated carbocycles. The van der Waals surface area contributed by atoms with E-state index in [0.29, 0.717) is 27.2 Å². The molecule has 1 aromatic carbocycles. The average molecular weight is 456 g/mol. The third kappa shape index (κ3) is 4.11. The fourth-order valence-electron chi connectivity index (χ4n) is 3.16. The third-order valence-corrected chi connectivity index (χ3v) is 6.05. The van der Waals surface area contributed by atoms with Gasteiger partial charge in [-0.3, -0.25) is 18.9 Å². The smallest absolute Gasteiger partial charge is 0.269 e. The van der Waals surface area contributed by atoms with Crippen LogP contribution < -0.4 is 10.3 Å². The van der Waals surface area contributed by atoms with E-state index in [9.17, 15) is 14.0 Å². The van der Waals surface area contributed by atoms with Crippen molar-refractivity contribution in [1.29, 1.82) is 0 Å². The molecule has 1 aliphatic heterocycles. The highest BCUT2D eigenvalue weighted by Crippen LogP contribution is 2.34. The fourth-order valence-corrected chi connectivity index (χ4v) is 4.45. The number of hydrogen-bond acceptors (Lipinski definition) is 6. The Kier molecular flexibility index (Phi) is 5.88. The lowest BCUT2D eigenvalue weighted by Gasteiger charge is -2.12. The molecule has 3 aromatic rings. The maximum absolute atomic E-state index is 13.3. The number of thiocarbonyl (C=S) groups is 1. The molecule has 31 heavy (non-hydrogen) atoms. The second-order valence-electron chi connectivity index (χ2n) is 6.91.